The molecule has 0 aromatic heterocycles. The standard InChI is InChI=1S/C15H23ClN2O/c1-11(17-2)8-12-6-7-18(10-12)13-4-5-15(19-3)14(16)9-13/h4-5,9,11-12,17H,6-8,10H2,1-3H3. The molecule has 1 heterocycles. The molecule has 1 aliphatic heterocycles. The number of ether oxygens (including phenoxy) is 1. The summed E-state index contributed by atoms with van der Waals surface area (Å²) in [4.78, 5) is 2.42. The smallest absolute Gasteiger partial charge is 0.137 e. The van der Waals surface area contributed by atoms with Crippen LogP contribution in [0, 0.1) is 5.92 Å². The summed E-state index contributed by atoms with van der Waals surface area (Å²) in [5.74, 6) is 1.51. The van der Waals surface area contributed by atoms with E-state index in [1.54, 1.807) is 7.11 Å². The number of methoxy groups -OCH3 is 1. The minimum atomic E-state index is 0.587. The van der Waals surface area contributed by atoms with Crippen LogP contribution in [0.15, 0.2) is 18.2 Å². The van der Waals surface area contributed by atoms with Crippen molar-refractivity contribution in [3.05, 3.63) is 23.2 Å². The zero-order valence-electron chi connectivity index (χ0n) is 11.9. The fourth-order valence-corrected chi connectivity index (χ4v) is 2.98. The Hall–Kier alpha value is -0.930. The number of nitrogens with zero attached hydrogens (tertiary/aromatic N) is 1. The van der Waals surface area contributed by atoms with E-state index in [1.807, 2.05) is 19.2 Å². The summed E-state index contributed by atoms with van der Waals surface area (Å²) in [5.41, 5.74) is 1.20. The lowest BCUT2D eigenvalue weighted by Crippen LogP contribution is -2.26. The molecule has 106 valence electrons. The highest BCUT2D eigenvalue weighted by Gasteiger charge is 2.24. The van der Waals surface area contributed by atoms with Crippen molar-refractivity contribution in [3.63, 3.8) is 0 Å². The summed E-state index contributed by atoms with van der Waals surface area (Å²) in [6, 6.07) is 6.63. The average molecular weight is 283 g/mol. The number of hydrogen-bond donors (Lipinski definition) is 1. The summed E-state index contributed by atoms with van der Waals surface area (Å²) < 4.78 is 5.19. The van der Waals surface area contributed by atoms with Gasteiger partial charge in [0.1, 0.15) is 5.75 Å². The zero-order valence-corrected chi connectivity index (χ0v) is 12.7. The first-order chi connectivity index (χ1) is 9.13. The topological polar surface area (TPSA) is 24.5 Å². The first-order valence-electron chi connectivity index (χ1n) is 6.89. The Kier molecular flexibility index (Phi) is 4.94. The summed E-state index contributed by atoms with van der Waals surface area (Å²) in [6.07, 6.45) is 2.49. The second-order valence-corrected chi connectivity index (χ2v) is 5.75. The highest BCUT2D eigenvalue weighted by Crippen LogP contribution is 2.32. The fourth-order valence-electron chi connectivity index (χ4n) is 2.73. The molecule has 2 atom stereocenters. The molecule has 1 aromatic carbocycles. The van der Waals surface area contributed by atoms with E-state index >= 15 is 0 Å². The molecule has 0 bridgehead atoms. The third-order valence-electron chi connectivity index (χ3n) is 3.97. The molecule has 1 aliphatic rings. The van der Waals surface area contributed by atoms with E-state index in [-0.39, 0.29) is 0 Å². The van der Waals surface area contributed by atoms with Crippen molar-refractivity contribution in [1.29, 1.82) is 0 Å². The maximum Gasteiger partial charge on any atom is 0.137 e. The maximum absolute atomic E-state index is 6.19. The molecule has 0 radical (unpaired) electrons. The van der Waals surface area contributed by atoms with Gasteiger partial charge in [0.15, 0.2) is 0 Å². The van der Waals surface area contributed by atoms with Crippen LogP contribution in [0.5, 0.6) is 5.75 Å². The van der Waals surface area contributed by atoms with Crippen molar-refractivity contribution >= 4 is 17.3 Å². The van der Waals surface area contributed by atoms with Crippen molar-refractivity contribution in [1.82, 2.24) is 5.32 Å². The molecule has 1 fully saturated rings. The van der Waals surface area contributed by atoms with Crippen LogP contribution in [0.1, 0.15) is 19.8 Å². The minimum Gasteiger partial charge on any atom is -0.495 e. The van der Waals surface area contributed by atoms with Crippen molar-refractivity contribution in [3.8, 4) is 5.75 Å². The maximum atomic E-state index is 6.19. The molecule has 19 heavy (non-hydrogen) atoms. The fraction of sp³-hybridized carbons (Fsp3) is 0.600. The Morgan fingerprint density at radius 2 is 2.32 bits per heavy atom. The molecule has 4 heteroatoms. The van der Waals surface area contributed by atoms with Crippen molar-refractivity contribution in [2.45, 2.75) is 25.8 Å². The highest BCUT2D eigenvalue weighted by molar-refractivity contribution is 6.32. The highest BCUT2D eigenvalue weighted by atomic mass is 35.5. The SMILES string of the molecule is CNC(C)CC1CCN(c2ccc(OC)c(Cl)c2)C1. The number of nitrogens with one attached hydrogen (secondary N) is 1. The van der Waals surface area contributed by atoms with Crippen LogP contribution in [-0.2, 0) is 0 Å². The van der Waals surface area contributed by atoms with Gasteiger partial charge in [0.05, 0.1) is 12.1 Å². The van der Waals surface area contributed by atoms with Crippen LogP contribution in [-0.4, -0.2) is 33.3 Å². The first kappa shape index (κ1) is 14.5. The predicted molar refractivity (Wildman–Crippen MR) is 81.5 cm³/mol. The van der Waals surface area contributed by atoms with Gasteiger partial charge in [-0.05, 0) is 50.9 Å². The third-order valence-corrected chi connectivity index (χ3v) is 4.26. The van der Waals surface area contributed by atoms with Crippen molar-refractivity contribution in [2.24, 2.45) is 5.92 Å². The van der Waals surface area contributed by atoms with E-state index in [1.165, 1.54) is 18.5 Å². The summed E-state index contributed by atoms with van der Waals surface area (Å²) >= 11 is 6.19. The van der Waals surface area contributed by atoms with E-state index in [0.29, 0.717) is 11.1 Å². The number of benzene rings is 1. The lowest BCUT2D eigenvalue weighted by molar-refractivity contribution is 0.415. The Balaban J connectivity index is 1.98. The second-order valence-electron chi connectivity index (χ2n) is 5.34. The van der Waals surface area contributed by atoms with Crippen molar-refractivity contribution < 1.29 is 4.74 Å². The van der Waals surface area contributed by atoms with Crippen LogP contribution in [0.25, 0.3) is 0 Å². The van der Waals surface area contributed by atoms with Crippen LogP contribution < -0.4 is 15.0 Å². The van der Waals surface area contributed by atoms with Crippen molar-refractivity contribution in [2.75, 3.05) is 32.1 Å². The van der Waals surface area contributed by atoms with Crippen LogP contribution >= 0.6 is 11.6 Å². The van der Waals surface area contributed by atoms with Gasteiger partial charge >= 0.3 is 0 Å². The van der Waals surface area contributed by atoms with E-state index < -0.39 is 0 Å². The molecule has 0 spiro atoms. The molecule has 0 aliphatic carbocycles. The van der Waals surface area contributed by atoms with Gasteiger partial charge in [-0.2, -0.15) is 0 Å². The zero-order chi connectivity index (χ0) is 13.8. The molecular weight excluding hydrogens is 260 g/mol. The summed E-state index contributed by atoms with van der Waals surface area (Å²) in [6.45, 7) is 4.48. The van der Waals surface area contributed by atoms with E-state index in [9.17, 15) is 0 Å². The lowest BCUT2D eigenvalue weighted by atomic mass is 10.0. The lowest BCUT2D eigenvalue weighted by Gasteiger charge is -2.20. The first-order valence-corrected chi connectivity index (χ1v) is 7.27. The van der Waals surface area contributed by atoms with Gasteiger partial charge in [0.25, 0.3) is 0 Å². The summed E-state index contributed by atoms with van der Waals surface area (Å²) in [5, 5.41) is 4.00. The Morgan fingerprint density at radius 3 is 2.95 bits per heavy atom. The van der Waals surface area contributed by atoms with Gasteiger partial charge in [-0.15, -0.1) is 0 Å². The number of rotatable bonds is 5. The molecule has 3 nitrogen and oxygen atoms in total. The minimum absolute atomic E-state index is 0.587. The van der Waals surface area contributed by atoms with Gasteiger partial charge in [-0.1, -0.05) is 11.6 Å². The van der Waals surface area contributed by atoms with E-state index in [0.717, 1.165) is 24.8 Å². The van der Waals surface area contributed by atoms with Gasteiger partial charge in [-0.25, -0.2) is 0 Å². The Labute approximate surface area is 120 Å². The van der Waals surface area contributed by atoms with E-state index in [4.69, 9.17) is 16.3 Å². The molecular formula is C15H23ClN2O. The monoisotopic (exact) mass is 282 g/mol. The number of halogens is 1. The van der Waals surface area contributed by atoms with Crippen LogP contribution in [0.3, 0.4) is 0 Å². The largest absolute Gasteiger partial charge is 0.495 e. The average Bonchev–Trinajstić information content (AvgIpc) is 2.87. The molecule has 1 N–H and O–H groups in total. The Bertz CT molecular complexity index is 425. The summed E-state index contributed by atoms with van der Waals surface area (Å²) in [7, 11) is 3.67. The van der Waals surface area contributed by atoms with Gasteiger partial charge in [-0.3, -0.25) is 0 Å². The molecule has 2 unspecified atom stereocenters. The van der Waals surface area contributed by atoms with E-state index in [2.05, 4.69) is 23.2 Å². The molecule has 0 amide bonds. The quantitative estimate of drug-likeness (QED) is 0.898. The van der Waals surface area contributed by atoms with Gasteiger partial charge in [0, 0.05) is 24.8 Å². The third kappa shape index (κ3) is 3.54. The Morgan fingerprint density at radius 1 is 1.53 bits per heavy atom. The van der Waals surface area contributed by atoms with Gasteiger partial charge < -0.3 is 15.0 Å². The molecule has 2 rings (SSSR count). The second kappa shape index (κ2) is 6.49. The number of hydrogen-bond acceptors (Lipinski definition) is 3. The predicted octanol–water partition coefficient (Wildman–Crippen LogP) is 3.17. The van der Waals surface area contributed by atoms with Crippen LogP contribution in [0.2, 0.25) is 5.02 Å². The number of anilines is 1. The molecule has 0 saturated carbocycles. The van der Waals surface area contributed by atoms with Crippen LogP contribution in [0.4, 0.5) is 5.69 Å². The molecule has 1 saturated heterocycles. The molecule has 1 aromatic rings. The van der Waals surface area contributed by atoms with Gasteiger partial charge in [0.2, 0.25) is 0 Å². The normalized spacial score (nSPS) is 20.6.